The van der Waals surface area contributed by atoms with Crippen molar-refractivity contribution < 1.29 is 9.53 Å². The molecule has 0 fully saturated rings. The van der Waals surface area contributed by atoms with Crippen LogP contribution in [0, 0.1) is 0 Å². The zero-order valence-corrected chi connectivity index (χ0v) is 9.20. The van der Waals surface area contributed by atoms with Crippen molar-refractivity contribution >= 4 is 5.78 Å². The predicted molar refractivity (Wildman–Crippen MR) is 56.0 cm³/mol. The largest absolute Gasteiger partial charge is 0.480 e. The van der Waals surface area contributed by atoms with Crippen LogP contribution in [0.5, 0.6) is 5.88 Å². The van der Waals surface area contributed by atoms with E-state index < -0.39 is 0 Å². The summed E-state index contributed by atoms with van der Waals surface area (Å²) in [4.78, 5) is 17.9. The highest BCUT2D eigenvalue weighted by molar-refractivity contribution is 5.96. The summed E-state index contributed by atoms with van der Waals surface area (Å²) in [5, 5.41) is 0. The van der Waals surface area contributed by atoms with Crippen LogP contribution in [0.4, 0.5) is 0 Å². The molecule has 1 aliphatic heterocycles. The van der Waals surface area contributed by atoms with E-state index in [4.69, 9.17) is 4.74 Å². The van der Waals surface area contributed by atoms with Crippen molar-refractivity contribution in [3.63, 3.8) is 0 Å². The molecule has 0 bridgehead atoms. The molecule has 4 nitrogen and oxygen atoms in total. The van der Waals surface area contributed by atoms with Gasteiger partial charge in [0.15, 0.2) is 5.78 Å². The van der Waals surface area contributed by atoms with Gasteiger partial charge >= 0.3 is 0 Å². The van der Waals surface area contributed by atoms with E-state index in [2.05, 4.69) is 9.88 Å². The molecule has 0 aromatic carbocycles. The predicted octanol–water partition coefficient (Wildman–Crippen LogP) is 1.24. The van der Waals surface area contributed by atoms with E-state index in [0.29, 0.717) is 11.4 Å². The number of ketones is 1. The van der Waals surface area contributed by atoms with Crippen molar-refractivity contribution in [1.82, 2.24) is 9.88 Å². The third-order valence-corrected chi connectivity index (χ3v) is 2.59. The molecule has 0 radical (unpaired) electrons. The molecule has 0 N–H and O–H groups in total. The number of aromatic nitrogens is 1. The molecule has 0 amide bonds. The Labute approximate surface area is 88.9 Å². The van der Waals surface area contributed by atoms with Gasteiger partial charge in [-0.1, -0.05) is 0 Å². The van der Waals surface area contributed by atoms with Gasteiger partial charge in [0.25, 0.3) is 0 Å². The monoisotopic (exact) mass is 206 g/mol. The van der Waals surface area contributed by atoms with E-state index >= 15 is 0 Å². The van der Waals surface area contributed by atoms with Gasteiger partial charge in [0, 0.05) is 13.1 Å². The van der Waals surface area contributed by atoms with Crippen molar-refractivity contribution in [3.05, 3.63) is 22.9 Å². The first-order valence-electron chi connectivity index (χ1n) is 4.88. The van der Waals surface area contributed by atoms with E-state index in [1.54, 1.807) is 7.11 Å². The van der Waals surface area contributed by atoms with Gasteiger partial charge in [0.2, 0.25) is 5.88 Å². The topological polar surface area (TPSA) is 42.4 Å². The van der Waals surface area contributed by atoms with Crippen molar-refractivity contribution in [2.45, 2.75) is 20.0 Å². The molecular weight excluding hydrogens is 192 g/mol. The number of hydrogen-bond acceptors (Lipinski definition) is 4. The summed E-state index contributed by atoms with van der Waals surface area (Å²) in [5.41, 5.74) is 2.72. The second-order valence-corrected chi connectivity index (χ2v) is 3.88. The Balaban J connectivity index is 2.50. The van der Waals surface area contributed by atoms with Crippen LogP contribution in [0.15, 0.2) is 6.07 Å². The molecule has 15 heavy (non-hydrogen) atoms. The molecule has 0 saturated heterocycles. The number of pyridine rings is 1. The van der Waals surface area contributed by atoms with Gasteiger partial charge in [0.05, 0.1) is 18.4 Å². The van der Waals surface area contributed by atoms with Gasteiger partial charge in [-0.3, -0.25) is 9.69 Å². The van der Waals surface area contributed by atoms with Crippen LogP contribution >= 0.6 is 0 Å². The summed E-state index contributed by atoms with van der Waals surface area (Å²) in [7, 11) is 3.57. The van der Waals surface area contributed by atoms with Crippen LogP contribution in [-0.4, -0.2) is 29.8 Å². The molecular formula is C11H14N2O2. The Morgan fingerprint density at radius 2 is 2.27 bits per heavy atom. The van der Waals surface area contributed by atoms with E-state index in [0.717, 1.165) is 24.3 Å². The van der Waals surface area contributed by atoms with Gasteiger partial charge in [-0.2, -0.15) is 0 Å². The van der Waals surface area contributed by atoms with E-state index in [1.165, 1.54) is 6.92 Å². The molecule has 0 spiro atoms. The third-order valence-electron chi connectivity index (χ3n) is 2.59. The highest BCUT2D eigenvalue weighted by Gasteiger charge is 2.21. The second kappa shape index (κ2) is 3.62. The number of rotatable bonds is 2. The van der Waals surface area contributed by atoms with Gasteiger partial charge in [-0.15, -0.1) is 0 Å². The molecule has 1 aromatic heterocycles. The lowest BCUT2D eigenvalue weighted by atomic mass is 10.1. The number of carbonyl (C=O) groups is 1. The molecule has 2 rings (SSSR count). The lowest BCUT2D eigenvalue weighted by Crippen LogP contribution is -2.07. The van der Waals surface area contributed by atoms with Crippen LogP contribution in [0.2, 0.25) is 0 Å². The maximum atomic E-state index is 11.4. The molecule has 80 valence electrons. The number of ether oxygens (including phenoxy) is 1. The van der Waals surface area contributed by atoms with Crippen LogP contribution < -0.4 is 4.74 Å². The highest BCUT2D eigenvalue weighted by atomic mass is 16.5. The van der Waals surface area contributed by atoms with Gasteiger partial charge in [-0.05, 0) is 25.6 Å². The number of fused-ring (bicyclic) bond motifs is 1. The second-order valence-electron chi connectivity index (χ2n) is 3.88. The zero-order chi connectivity index (χ0) is 11.0. The van der Waals surface area contributed by atoms with Gasteiger partial charge in [0.1, 0.15) is 0 Å². The number of methoxy groups -OCH3 is 1. The first-order chi connectivity index (χ1) is 7.11. The molecule has 0 atom stereocenters. The fourth-order valence-corrected chi connectivity index (χ4v) is 1.86. The lowest BCUT2D eigenvalue weighted by Gasteiger charge is -2.06. The quantitative estimate of drug-likeness (QED) is 0.683. The summed E-state index contributed by atoms with van der Waals surface area (Å²) in [6.45, 7) is 3.21. The first-order valence-corrected chi connectivity index (χ1v) is 4.88. The highest BCUT2D eigenvalue weighted by Crippen LogP contribution is 2.26. The van der Waals surface area contributed by atoms with Crippen molar-refractivity contribution in [2.24, 2.45) is 0 Å². The summed E-state index contributed by atoms with van der Waals surface area (Å²) in [6.07, 6.45) is 0. The Bertz CT molecular complexity index is 415. The van der Waals surface area contributed by atoms with E-state index in [9.17, 15) is 4.79 Å². The molecule has 0 saturated carbocycles. The molecule has 1 aromatic rings. The molecule has 2 heterocycles. The van der Waals surface area contributed by atoms with Crippen molar-refractivity contribution in [2.75, 3.05) is 14.2 Å². The van der Waals surface area contributed by atoms with Crippen molar-refractivity contribution in [1.29, 1.82) is 0 Å². The zero-order valence-electron chi connectivity index (χ0n) is 9.20. The number of carbonyl (C=O) groups excluding carboxylic acids is 1. The molecule has 0 aliphatic carbocycles. The summed E-state index contributed by atoms with van der Waals surface area (Å²) >= 11 is 0. The first kappa shape index (κ1) is 10.1. The summed E-state index contributed by atoms with van der Waals surface area (Å²) in [6, 6.07) is 1.90. The minimum absolute atomic E-state index is 0.00305. The maximum absolute atomic E-state index is 11.4. The number of Topliss-reactive ketones (excluding diaryl/α,β-unsaturated/α-hetero) is 1. The van der Waals surface area contributed by atoms with E-state index in [-0.39, 0.29) is 5.78 Å². The van der Waals surface area contributed by atoms with Gasteiger partial charge < -0.3 is 4.74 Å². The van der Waals surface area contributed by atoms with Crippen LogP contribution in [0.25, 0.3) is 0 Å². The minimum Gasteiger partial charge on any atom is -0.480 e. The third kappa shape index (κ3) is 1.72. The maximum Gasteiger partial charge on any atom is 0.224 e. The Kier molecular flexibility index (Phi) is 2.44. The summed E-state index contributed by atoms with van der Waals surface area (Å²) in [5.74, 6) is 0.438. The summed E-state index contributed by atoms with van der Waals surface area (Å²) < 4.78 is 5.12. The van der Waals surface area contributed by atoms with Crippen LogP contribution in [0.1, 0.15) is 28.5 Å². The number of hydrogen-bond donors (Lipinski definition) is 0. The number of nitrogens with zero attached hydrogens (tertiary/aromatic N) is 2. The van der Waals surface area contributed by atoms with Crippen molar-refractivity contribution in [3.8, 4) is 5.88 Å². The lowest BCUT2D eigenvalue weighted by molar-refractivity contribution is 0.101. The Hall–Kier alpha value is -1.42. The van der Waals surface area contributed by atoms with E-state index in [1.807, 2.05) is 13.1 Å². The molecule has 0 unspecified atom stereocenters. The SMILES string of the molecule is COc1nc2c(cc1C(C)=O)CN(C)C2. The minimum atomic E-state index is -0.00305. The molecule has 4 heteroatoms. The Morgan fingerprint density at radius 3 is 2.87 bits per heavy atom. The average Bonchev–Trinajstić information content (AvgIpc) is 2.54. The molecule has 1 aliphatic rings. The smallest absolute Gasteiger partial charge is 0.224 e. The fraction of sp³-hybridized carbons (Fsp3) is 0.455. The van der Waals surface area contributed by atoms with Gasteiger partial charge in [-0.25, -0.2) is 4.98 Å². The van der Waals surface area contributed by atoms with Crippen LogP contribution in [-0.2, 0) is 13.1 Å². The fourth-order valence-electron chi connectivity index (χ4n) is 1.86. The standard InChI is InChI=1S/C11H14N2O2/c1-7(14)9-4-8-5-13(2)6-10(8)12-11(9)15-3/h4H,5-6H2,1-3H3. The average molecular weight is 206 g/mol. The normalized spacial score (nSPS) is 15.1. The Morgan fingerprint density at radius 1 is 1.53 bits per heavy atom. The van der Waals surface area contributed by atoms with Crippen LogP contribution in [0.3, 0.4) is 0 Å².